The second kappa shape index (κ2) is 8.89. The number of hydrogen-bond acceptors (Lipinski definition) is 4. The molecule has 0 spiro atoms. The van der Waals surface area contributed by atoms with Crippen LogP contribution < -0.4 is 5.32 Å². The summed E-state index contributed by atoms with van der Waals surface area (Å²) in [4.78, 5) is 19.7. The minimum Gasteiger partial charge on any atom is -0.350 e. The van der Waals surface area contributed by atoms with Crippen LogP contribution in [0, 0.1) is 12.7 Å². The fraction of sp³-hybridized carbons (Fsp3) is 0.444. The number of likely N-dealkylation sites (N-methyl/N-ethyl adjacent to an activating group) is 1. The molecule has 0 saturated heterocycles. The van der Waals surface area contributed by atoms with E-state index in [2.05, 4.69) is 29.0 Å². The van der Waals surface area contributed by atoms with E-state index in [0.717, 1.165) is 35.9 Å². The van der Waals surface area contributed by atoms with Gasteiger partial charge in [0.15, 0.2) is 0 Å². The van der Waals surface area contributed by atoms with E-state index in [0.29, 0.717) is 17.8 Å². The van der Waals surface area contributed by atoms with Crippen LogP contribution in [0.1, 0.15) is 39.8 Å². The summed E-state index contributed by atoms with van der Waals surface area (Å²) in [6, 6.07) is 6.37. The highest BCUT2D eigenvalue weighted by molar-refractivity contribution is 7.13. The molecule has 1 N–H and O–H groups in total. The van der Waals surface area contributed by atoms with Crippen LogP contribution in [0.3, 0.4) is 0 Å². The minimum atomic E-state index is -0.248. The summed E-state index contributed by atoms with van der Waals surface area (Å²) in [5.74, 6) is -0.315. The molecule has 1 amide bonds. The number of amides is 1. The molecule has 2 aromatic rings. The van der Waals surface area contributed by atoms with Gasteiger partial charge in [-0.1, -0.05) is 26.0 Å². The molecule has 6 heteroatoms. The van der Waals surface area contributed by atoms with Gasteiger partial charge in [0.05, 0.1) is 10.7 Å². The Hall–Kier alpha value is -1.79. The van der Waals surface area contributed by atoms with Crippen LogP contribution >= 0.6 is 11.3 Å². The summed E-state index contributed by atoms with van der Waals surface area (Å²) in [7, 11) is 0. The Balaban J connectivity index is 1.95. The topological polar surface area (TPSA) is 45.2 Å². The molecule has 0 unspecified atom stereocenters. The molecule has 2 rings (SSSR count). The van der Waals surface area contributed by atoms with Crippen molar-refractivity contribution in [3.05, 3.63) is 51.2 Å². The molecule has 0 saturated carbocycles. The molecule has 24 heavy (non-hydrogen) atoms. The van der Waals surface area contributed by atoms with Crippen molar-refractivity contribution < 1.29 is 9.18 Å². The second-order valence-electron chi connectivity index (χ2n) is 5.61. The molecule has 130 valence electrons. The molecule has 0 fully saturated rings. The molecule has 0 aliphatic rings. The van der Waals surface area contributed by atoms with Crippen molar-refractivity contribution in [1.82, 2.24) is 15.2 Å². The quantitative estimate of drug-likeness (QED) is 0.796. The number of aromatic nitrogens is 1. The van der Waals surface area contributed by atoms with Crippen LogP contribution in [-0.4, -0.2) is 42.0 Å². The SMILES string of the molecule is CCN(CC)CCNC(=O)c1sc(Cc2ccc(F)cc2)nc1C. The molecule has 1 heterocycles. The summed E-state index contributed by atoms with van der Waals surface area (Å²) in [5, 5.41) is 3.83. The van der Waals surface area contributed by atoms with Crippen LogP contribution in [0.15, 0.2) is 24.3 Å². The largest absolute Gasteiger partial charge is 0.350 e. The van der Waals surface area contributed by atoms with Gasteiger partial charge in [-0.2, -0.15) is 0 Å². The van der Waals surface area contributed by atoms with E-state index in [9.17, 15) is 9.18 Å². The van der Waals surface area contributed by atoms with Gasteiger partial charge in [0.2, 0.25) is 0 Å². The van der Waals surface area contributed by atoms with E-state index in [4.69, 9.17) is 0 Å². The van der Waals surface area contributed by atoms with Crippen LogP contribution in [0.4, 0.5) is 4.39 Å². The highest BCUT2D eigenvalue weighted by atomic mass is 32.1. The monoisotopic (exact) mass is 349 g/mol. The van der Waals surface area contributed by atoms with Gasteiger partial charge >= 0.3 is 0 Å². The molecule has 0 atom stereocenters. The lowest BCUT2D eigenvalue weighted by molar-refractivity contribution is 0.0952. The Morgan fingerprint density at radius 3 is 2.54 bits per heavy atom. The molecule has 1 aromatic carbocycles. The molecule has 0 aliphatic heterocycles. The van der Waals surface area contributed by atoms with Crippen molar-refractivity contribution in [2.24, 2.45) is 0 Å². The first-order valence-electron chi connectivity index (χ1n) is 8.24. The van der Waals surface area contributed by atoms with E-state index < -0.39 is 0 Å². The third kappa shape index (κ3) is 5.11. The Bertz CT molecular complexity index is 665. The van der Waals surface area contributed by atoms with Gasteiger partial charge < -0.3 is 10.2 Å². The van der Waals surface area contributed by atoms with Gasteiger partial charge in [0, 0.05) is 19.5 Å². The zero-order valence-corrected chi connectivity index (χ0v) is 15.3. The smallest absolute Gasteiger partial charge is 0.263 e. The standard InChI is InChI=1S/C18H24FN3OS/c1-4-22(5-2)11-10-20-18(23)17-13(3)21-16(24-17)12-14-6-8-15(19)9-7-14/h6-9H,4-5,10-12H2,1-3H3,(H,20,23). The summed E-state index contributed by atoms with van der Waals surface area (Å²) < 4.78 is 13.0. The lowest BCUT2D eigenvalue weighted by Gasteiger charge is -2.17. The van der Waals surface area contributed by atoms with Gasteiger partial charge in [-0.3, -0.25) is 4.79 Å². The molecular weight excluding hydrogens is 325 g/mol. The first-order chi connectivity index (χ1) is 11.5. The van der Waals surface area contributed by atoms with Crippen LogP contribution in [0.5, 0.6) is 0 Å². The predicted molar refractivity (Wildman–Crippen MR) is 96.2 cm³/mol. The maximum Gasteiger partial charge on any atom is 0.263 e. The van der Waals surface area contributed by atoms with Gasteiger partial charge in [-0.05, 0) is 37.7 Å². The number of carbonyl (C=O) groups is 1. The number of hydrogen-bond donors (Lipinski definition) is 1. The van der Waals surface area contributed by atoms with Crippen LogP contribution in [0.2, 0.25) is 0 Å². The van der Waals surface area contributed by atoms with Crippen LogP contribution in [-0.2, 0) is 6.42 Å². The fourth-order valence-corrected chi connectivity index (χ4v) is 3.48. The van der Waals surface area contributed by atoms with E-state index in [-0.39, 0.29) is 11.7 Å². The van der Waals surface area contributed by atoms with E-state index in [1.54, 1.807) is 12.1 Å². The van der Waals surface area contributed by atoms with Crippen molar-refractivity contribution in [3.8, 4) is 0 Å². The number of benzene rings is 1. The average molecular weight is 349 g/mol. The third-order valence-corrected chi connectivity index (χ3v) is 5.08. The average Bonchev–Trinajstić information content (AvgIpc) is 2.94. The van der Waals surface area contributed by atoms with Crippen molar-refractivity contribution >= 4 is 17.2 Å². The highest BCUT2D eigenvalue weighted by Crippen LogP contribution is 2.21. The van der Waals surface area contributed by atoms with Crippen molar-refractivity contribution in [3.63, 3.8) is 0 Å². The minimum absolute atomic E-state index is 0.0671. The maximum absolute atomic E-state index is 13.0. The fourth-order valence-electron chi connectivity index (χ4n) is 2.46. The maximum atomic E-state index is 13.0. The first kappa shape index (κ1) is 18.5. The molecule has 0 radical (unpaired) electrons. The third-order valence-electron chi connectivity index (χ3n) is 3.92. The molecule has 1 aromatic heterocycles. The zero-order valence-electron chi connectivity index (χ0n) is 14.4. The van der Waals surface area contributed by atoms with E-state index >= 15 is 0 Å². The van der Waals surface area contributed by atoms with Gasteiger partial charge in [-0.25, -0.2) is 9.37 Å². The van der Waals surface area contributed by atoms with Crippen molar-refractivity contribution in [1.29, 1.82) is 0 Å². The Kier molecular flexibility index (Phi) is 6.87. The molecule has 0 bridgehead atoms. The summed E-state index contributed by atoms with van der Waals surface area (Å²) >= 11 is 1.41. The molecule has 0 aliphatic carbocycles. The Labute approximate surface area is 146 Å². The summed E-state index contributed by atoms with van der Waals surface area (Å²) in [6.45, 7) is 9.51. The number of nitrogens with zero attached hydrogens (tertiary/aromatic N) is 2. The Morgan fingerprint density at radius 2 is 1.92 bits per heavy atom. The van der Waals surface area contributed by atoms with Crippen LogP contribution in [0.25, 0.3) is 0 Å². The highest BCUT2D eigenvalue weighted by Gasteiger charge is 2.15. The number of aryl methyl sites for hydroxylation is 1. The number of thiazole rings is 1. The lowest BCUT2D eigenvalue weighted by atomic mass is 10.1. The van der Waals surface area contributed by atoms with E-state index in [1.165, 1.54) is 23.5 Å². The number of rotatable bonds is 8. The lowest BCUT2D eigenvalue weighted by Crippen LogP contribution is -2.34. The first-order valence-corrected chi connectivity index (χ1v) is 9.06. The van der Waals surface area contributed by atoms with Gasteiger partial charge in [0.25, 0.3) is 5.91 Å². The molecule has 4 nitrogen and oxygen atoms in total. The normalized spacial score (nSPS) is 11.0. The van der Waals surface area contributed by atoms with Crippen molar-refractivity contribution in [2.45, 2.75) is 27.2 Å². The number of nitrogens with one attached hydrogen (secondary N) is 1. The summed E-state index contributed by atoms with van der Waals surface area (Å²) in [5.41, 5.74) is 1.73. The predicted octanol–water partition coefficient (Wildman–Crippen LogP) is 3.25. The summed E-state index contributed by atoms with van der Waals surface area (Å²) in [6.07, 6.45) is 0.610. The second-order valence-corrected chi connectivity index (χ2v) is 6.69. The molecular formula is C18H24FN3OS. The number of halogens is 1. The van der Waals surface area contributed by atoms with Gasteiger partial charge in [0.1, 0.15) is 10.7 Å². The van der Waals surface area contributed by atoms with Crippen molar-refractivity contribution in [2.75, 3.05) is 26.2 Å². The zero-order chi connectivity index (χ0) is 17.5. The van der Waals surface area contributed by atoms with Gasteiger partial charge in [-0.15, -0.1) is 11.3 Å². The Morgan fingerprint density at radius 1 is 1.25 bits per heavy atom. The van der Waals surface area contributed by atoms with E-state index in [1.807, 2.05) is 6.92 Å². The number of carbonyl (C=O) groups excluding carboxylic acids is 1.